The molecule has 2 N–H and O–H groups in total. The van der Waals surface area contributed by atoms with Crippen molar-refractivity contribution in [3.8, 4) is 0 Å². The summed E-state index contributed by atoms with van der Waals surface area (Å²) in [7, 11) is 1.73. The van der Waals surface area contributed by atoms with Gasteiger partial charge in [-0.25, -0.2) is 4.79 Å². The van der Waals surface area contributed by atoms with Crippen molar-refractivity contribution in [2.24, 2.45) is 12.5 Å². The number of nitrogens with zero attached hydrogens (tertiary/aromatic N) is 2. The van der Waals surface area contributed by atoms with Crippen LogP contribution in [0.3, 0.4) is 0 Å². The summed E-state index contributed by atoms with van der Waals surface area (Å²) < 4.78 is 1.56. The minimum absolute atomic E-state index is 0.396. The topological polar surface area (TPSA) is 84.2 Å². The SMILES string of the molecule is CCc1nn(C)cc1C(=O)NC(C(=O)O)C(C)(C)C. The van der Waals surface area contributed by atoms with Crippen molar-refractivity contribution in [3.63, 3.8) is 0 Å². The van der Waals surface area contributed by atoms with E-state index in [-0.39, 0.29) is 0 Å². The van der Waals surface area contributed by atoms with Crippen molar-refractivity contribution in [2.75, 3.05) is 0 Å². The van der Waals surface area contributed by atoms with E-state index < -0.39 is 23.3 Å². The molecule has 6 nitrogen and oxygen atoms in total. The number of carbonyl (C=O) groups is 2. The highest BCUT2D eigenvalue weighted by Crippen LogP contribution is 2.20. The number of hydrogen-bond acceptors (Lipinski definition) is 3. The summed E-state index contributed by atoms with van der Waals surface area (Å²) in [5.41, 5.74) is 0.536. The number of amides is 1. The van der Waals surface area contributed by atoms with Crippen LogP contribution in [0.1, 0.15) is 43.7 Å². The normalized spacial score (nSPS) is 13.1. The third-order valence-corrected chi connectivity index (χ3v) is 2.87. The van der Waals surface area contributed by atoms with Gasteiger partial charge in [0.25, 0.3) is 5.91 Å². The van der Waals surface area contributed by atoms with E-state index in [1.165, 1.54) is 0 Å². The molecule has 0 aromatic carbocycles. The third kappa shape index (κ3) is 3.56. The lowest BCUT2D eigenvalue weighted by molar-refractivity contribution is -0.142. The fourth-order valence-corrected chi connectivity index (χ4v) is 1.84. The van der Waals surface area contributed by atoms with Gasteiger partial charge in [0.05, 0.1) is 11.3 Å². The molecule has 1 aromatic rings. The Kier molecular flexibility index (Phi) is 4.34. The van der Waals surface area contributed by atoms with Crippen LogP contribution in [0.4, 0.5) is 0 Å². The fraction of sp³-hybridized carbons (Fsp3) is 0.615. The average molecular weight is 267 g/mol. The van der Waals surface area contributed by atoms with Crippen LogP contribution in [0.25, 0.3) is 0 Å². The average Bonchev–Trinajstić information content (AvgIpc) is 2.65. The Morgan fingerprint density at radius 3 is 2.47 bits per heavy atom. The number of carboxylic acid groups (broad SMARTS) is 1. The van der Waals surface area contributed by atoms with Crippen LogP contribution in [-0.2, 0) is 18.3 Å². The molecule has 0 aliphatic rings. The lowest BCUT2D eigenvalue weighted by Crippen LogP contribution is -2.49. The number of nitrogens with one attached hydrogen (secondary N) is 1. The van der Waals surface area contributed by atoms with Crippen LogP contribution in [0.5, 0.6) is 0 Å². The van der Waals surface area contributed by atoms with Gasteiger partial charge < -0.3 is 10.4 Å². The third-order valence-electron chi connectivity index (χ3n) is 2.87. The molecule has 19 heavy (non-hydrogen) atoms. The van der Waals surface area contributed by atoms with Gasteiger partial charge in [-0.15, -0.1) is 0 Å². The highest BCUT2D eigenvalue weighted by molar-refractivity contribution is 5.97. The molecule has 0 saturated carbocycles. The van der Waals surface area contributed by atoms with Gasteiger partial charge in [-0.2, -0.15) is 5.10 Å². The van der Waals surface area contributed by atoms with Gasteiger partial charge in [0, 0.05) is 13.2 Å². The molecule has 0 saturated heterocycles. The maximum absolute atomic E-state index is 12.2. The van der Waals surface area contributed by atoms with E-state index in [4.69, 9.17) is 0 Å². The molecule has 1 aromatic heterocycles. The van der Waals surface area contributed by atoms with Gasteiger partial charge in [0.2, 0.25) is 0 Å². The number of aromatic nitrogens is 2. The van der Waals surface area contributed by atoms with Crippen molar-refractivity contribution in [1.82, 2.24) is 15.1 Å². The van der Waals surface area contributed by atoms with E-state index in [1.54, 1.807) is 38.7 Å². The largest absolute Gasteiger partial charge is 0.480 e. The first kappa shape index (κ1) is 15.2. The van der Waals surface area contributed by atoms with Crippen LogP contribution in [0.2, 0.25) is 0 Å². The van der Waals surface area contributed by atoms with Crippen molar-refractivity contribution >= 4 is 11.9 Å². The van der Waals surface area contributed by atoms with Gasteiger partial charge >= 0.3 is 5.97 Å². The van der Waals surface area contributed by atoms with Crippen LogP contribution in [0.15, 0.2) is 6.20 Å². The van der Waals surface area contributed by atoms with Crippen LogP contribution < -0.4 is 5.32 Å². The summed E-state index contributed by atoms with van der Waals surface area (Å²) in [4.78, 5) is 23.4. The van der Waals surface area contributed by atoms with E-state index in [0.717, 1.165) is 0 Å². The molecule has 0 aliphatic heterocycles. The minimum Gasteiger partial charge on any atom is -0.480 e. The molecule has 0 bridgehead atoms. The van der Waals surface area contributed by atoms with Gasteiger partial charge in [0.15, 0.2) is 0 Å². The molecule has 1 atom stereocenters. The Morgan fingerprint density at radius 2 is 2.05 bits per heavy atom. The second kappa shape index (κ2) is 5.42. The molecule has 106 valence electrons. The van der Waals surface area contributed by atoms with E-state index in [2.05, 4.69) is 10.4 Å². The van der Waals surface area contributed by atoms with Gasteiger partial charge in [0.1, 0.15) is 6.04 Å². The Bertz CT molecular complexity index is 486. The maximum Gasteiger partial charge on any atom is 0.326 e. The summed E-state index contributed by atoms with van der Waals surface area (Å²) in [5, 5.41) is 15.9. The van der Waals surface area contributed by atoms with Crippen molar-refractivity contribution in [3.05, 3.63) is 17.5 Å². The smallest absolute Gasteiger partial charge is 0.326 e. The van der Waals surface area contributed by atoms with Crippen molar-refractivity contribution in [1.29, 1.82) is 0 Å². The second-order valence-electron chi connectivity index (χ2n) is 5.63. The van der Waals surface area contributed by atoms with Gasteiger partial charge in [-0.05, 0) is 11.8 Å². The van der Waals surface area contributed by atoms with Crippen LogP contribution in [0, 0.1) is 5.41 Å². The molecule has 0 spiro atoms. The number of carbonyl (C=O) groups excluding carboxylic acids is 1. The van der Waals surface area contributed by atoms with E-state index >= 15 is 0 Å². The number of hydrogen-bond donors (Lipinski definition) is 2. The molecule has 1 unspecified atom stereocenters. The number of carboxylic acids is 1. The van der Waals surface area contributed by atoms with Crippen molar-refractivity contribution < 1.29 is 14.7 Å². The molecular formula is C13H21N3O3. The first-order valence-corrected chi connectivity index (χ1v) is 6.23. The van der Waals surface area contributed by atoms with Crippen LogP contribution in [-0.4, -0.2) is 32.8 Å². The zero-order valence-corrected chi connectivity index (χ0v) is 12.0. The summed E-state index contributed by atoms with van der Waals surface area (Å²) in [6, 6.07) is -0.940. The standard InChI is InChI=1S/C13H21N3O3/c1-6-9-8(7-16(5)15-9)11(17)14-10(12(18)19)13(2,3)4/h7,10H,6H2,1-5H3,(H,14,17)(H,18,19). The Morgan fingerprint density at radius 1 is 1.47 bits per heavy atom. The number of rotatable bonds is 4. The summed E-state index contributed by atoms with van der Waals surface area (Å²) in [6.45, 7) is 7.22. The monoisotopic (exact) mass is 267 g/mol. The quantitative estimate of drug-likeness (QED) is 0.858. The van der Waals surface area contributed by atoms with E-state index in [1.807, 2.05) is 6.92 Å². The molecule has 6 heteroatoms. The van der Waals surface area contributed by atoms with E-state index in [0.29, 0.717) is 17.7 Å². The van der Waals surface area contributed by atoms with Gasteiger partial charge in [-0.3, -0.25) is 9.48 Å². The zero-order chi connectivity index (χ0) is 14.8. The highest BCUT2D eigenvalue weighted by atomic mass is 16.4. The predicted octanol–water partition coefficient (Wildman–Crippen LogP) is 1.21. The Hall–Kier alpha value is -1.85. The maximum atomic E-state index is 12.2. The highest BCUT2D eigenvalue weighted by Gasteiger charge is 2.33. The first-order valence-electron chi connectivity index (χ1n) is 6.23. The van der Waals surface area contributed by atoms with Crippen molar-refractivity contribution in [2.45, 2.75) is 40.2 Å². The molecular weight excluding hydrogens is 246 g/mol. The Balaban J connectivity index is 2.97. The molecule has 0 radical (unpaired) electrons. The first-order chi connectivity index (χ1) is 8.66. The van der Waals surface area contributed by atoms with Crippen LogP contribution >= 0.6 is 0 Å². The second-order valence-corrected chi connectivity index (χ2v) is 5.63. The Labute approximate surface area is 112 Å². The zero-order valence-electron chi connectivity index (χ0n) is 12.0. The lowest BCUT2D eigenvalue weighted by Gasteiger charge is -2.27. The summed E-state index contributed by atoms with van der Waals surface area (Å²) in [5.74, 6) is -1.44. The molecule has 1 rings (SSSR count). The predicted molar refractivity (Wildman–Crippen MR) is 70.9 cm³/mol. The van der Waals surface area contributed by atoms with Gasteiger partial charge in [-0.1, -0.05) is 27.7 Å². The number of aliphatic carboxylic acids is 1. The summed E-state index contributed by atoms with van der Waals surface area (Å²) in [6.07, 6.45) is 2.23. The molecule has 0 fully saturated rings. The molecule has 1 amide bonds. The van der Waals surface area contributed by atoms with E-state index in [9.17, 15) is 14.7 Å². The number of aryl methyl sites for hydroxylation is 2. The summed E-state index contributed by atoms with van der Waals surface area (Å²) >= 11 is 0. The fourth-order valence-electron chi connectivity index (χ4n) is 1.84. The minimum atomic E-state index is -1.04. The molecule has 0 aliphatic carbocycles. The molecule has 1 heterocycles. The lowest BCUT2D eigenvalue weighted by atomic mass is 9.86.